The lowest BCUT2D eigenvalue weighted by atomic mass is 10.2. The first-order chi connectivity index (χ1) is 9.31. The molecule has 6 heteroatoms. The fraction of sp³-hybridized carbons (Fsp3) is 0.462. The van der Waals surface area contributed by atoms with Gasteiger partial charge in [-0.05, 0) is 25.8 Å². The average Bonchev–Trinajstić information content (AvgIpc) is 3.18. The molecule has 0 aromatic carbocycles. The van der Waals surface area contributed by atoms with Gasteiger partial charge in [-0.25, -0.2) is 4.52 Å². The van der Waals surface area contributed by atoms with Crippen LogP contribution < -0.4 is 5.73 Å². The van der Waals surface area contributed by atoms with Crippen molar-refractivity contribution in [3.63, 3.8) is 0 Å². The highest BCUT2D eigenvalue weighted by atomic mass is 16.2. The van der Waals surface area contributed by atoms with Crippen LogP contribution >= 0.6 is 0 Å². The molecule has 0 aliphatic heterocycles. The maximum Gasteiger partial charge on any atom is 0.257 e. The van der Waals surface area contributed by atoms with Gasteiger partial charge in [0.15, 0.2) is 0 Å². The Labute approximate surface area is 111 Å². The predicted molar refractivity (Wildman–Crippen MR) is 70.7 cm³/mol. The lowest BCUT2D eigenvalue weighted by Crippen LogP contribution is -2.34. The number of hydrogen-bond acceptors (Lipinski definition) is 4. The molecule has 1 fully saturated rings. The second-order valence-corrected chi connectivity index (χ2v) is 4.84. The van der Waals surface area contributed by atoms with E-state index in [9.17, 15) is 4.79 Å². The fourth-order valence-electron chi connectivity index (χ4n) is 2.25. The molecule has 3 rings (SSSR count). The highest BCUT2D eigenvalue weighted by Crippen LogP contribution is 2.29. The number of fused-ring (bicyclic) bond motifs is 1. The minimum atomic E-state index is 0.0407. The maximum atomic E-state index is 12.6. The summed E-state index contributed by atoms with van der Waals surface area (Å²) < 4.78 is 1.67. The van der Waals surface area contributed by atoms with Crippen molar-refractivity contribution in [2.24, 2.45) is 5.73 Å². The molecule has 1 aliphatic carbocycles. The summed E-state index contributed by atoms with van der Waals surface area (Å²) in [5.41, 5.74) is 6.92. The second kappa shape index (κ2) is 4.97. The average molecular weight is 259 g/mol. The Balaban J connectivity index is 1.88. The van der Waals surface area contributed by atoms with Crippen molar-refractivity contribution < 1.29 is 4.79 Å². The van der Waals surface area contributed by atoms with Crippen molar-refractivity contribution in [2.45, 2.75) is 25.3 Å². The van der Waals surface area contributed by atoms with Gasteiger partial charge in [-0.3, -0.25) is 9.78 Å². The molecule has 0 spiro atoms. The number of carbonyl (C=O) groups excluding carboxylic acids is 1. The van der Waals surface area contributed by atoms with E-state index in [-0.39, 0.29) is 5.91 Å². The Morgan fingerprint density at radius 2 is 2.32 bits per heavy atom. The van der Waals surface area contributed by atoms with Gasteiger partial charge in [-0.1, -0.05) is 0 Å². The van der Waals surface area contributed by atoms with Gasteiger partial charge in [0.25, 0.3) is 5.91 Å². The molecule has 0 radical (unpaired) electrons. The van der Waals surface area contributed by atoms with Crippen molar-refractivity contribution in [2.75, 3.05) is 13.1 Å². The molecule has 2 aromatic heterocycles. The van der Waals surface area contributed by atoms with Crippen molar-refractivity contribution in [1.29, 1.82) is 0 Å². The van der Waals surface area contributed by atoms with E-state index in [2.05, 4.69) is 10.1 Å². The first kappa shape index (κ1) is 12.1. The Hall–Kier alpha value is -1.95. The van der Waals surface area contributed by atoms with Gasteiger partial charge in [0.05, 0.1) is 23.5 Å². The van der Waals surface area contributed by atoms with Crippen LogP contribution in [0.4, 0.5) is 0 Å². The third-order valence-electron chi connectivity index (χ3n) is 3.41. The van der Waals surface area contributed by atoms with Crippen molar-refractivity contribution in [1.82, 2.24) is 19.5 Å². The molecule has 2 heterocycles. The smallest absolute Gasteiger partial charge is 0.257 e. The zero-order chi connectivity index (χ0) is 13.2. The van der Waals surface area contributed by atoms with Gasteiger partial charge in [-0.15, -0.1) is 0 Å². The summed E-state index contributed by atoms with van der Waals surface area (Å²) >= 11 is 0. The number of carbonyl (C=O) groups is 1. The molecule has 1 aliphatic rings. The van der Waals surface area contributed by atoms with Gasteiger partial charge < -0.3 is 10.6 Å². The van der Waals surface area contributed by atoms with E-state index in [4.69, 9.17) is 5.73 Å². The van der Waals surface area contributed by atoms with E-state index in [1.54, 1.807) is 29.3 Å². The number of hydrogen-bond donors (Lipinski definition) is 1. The van der Waals surface area contributed by atoms with Crippen LogP contribution in [0, 0.1) is 0 Å². The van der Waals surface area contributed by atoms with E-state index < -0.39 is 0 Å². The van der Waals surface area contributed by atoms with Gasteiger partial charge in [0.1, 0.15) is 0 Å². The molecule has 100 valence electrons. The summed E-state index contributed by atoms with van der Waals surface area (Å²) in [6.07, 6.45) is 9.71. The molecule has 0 unspecified atom stereocenters. The lowest BCUT2D eigenvalue weighted by Gasteiger charge is -2.21. The Kier molecular flexibility index (Phi) is 3.16. The molecule has 19 heavy (non-hydrogen) atoms. The molecule has 1 saturated carbocycles. The van der Waals surface area contributed by atoms with E-state index in [0.717, 1.165) is 31.3 Å². The highest BCUT2D eigenvalue weighted by molar-refractivity contribution is 6.00. The third-order valence-corrected chi connectivity index (χ3v) is 3.41. The topological polar surface area (TPSA) is 76.5 Å². The van der Waals surface area contributed by atoms with Gasteiger partial charge in [-0.2, -0.15) is 5.10 Å². The number of rotatable bonds is 5. The van der Waals surface area contributed by atoms with Crippen LogP contribution in [-0.4, -0.2) is 44.5 Å². The zero-order valence-corrected chi connectivity index (χ0v) is 10.7. The van der Waals surface area contributed by atoms with Crippen LogP contribution in [0.2, 0.25) is 0 Å². The van der Waals surface area contributed by atoms with Crippen LogP contribution in [0.1, 0.15) is 29.6 Å². The van der Waals surface area contributed by atoms with Crippen molar-refractivity contribution in [3.8, 4) is 0 Å². The van der Waals surface area contributed by atoms with E-state index >= 15 is 0 Å². The first-order valence-electron chi connectivity index (χ1n) is 6.59. The predicted octanol–water partition coefficient (Wildman–Crippen LogP) is 0.683. The number of amides is 1. The molecular formula is C13H17N5O. The highest BCUT2D eigenvalue weighted by Gasteiger charge is 2.33. The SMILES string of the molecule is NCCCN(C(=O)c1cnn2ccncc12)C1CC1. The second-order valence-electron chi connectivity index (χ2n) is 4.84. The molecule has 0 saturated heterocycles. The van der Waals surface area contributed by atoms with Crippen LogP contribution in [0.5, 0.6) is 0 Å². The van der Waals surface area contributed by atoms with Crippen LogP contribution in [0.25, 0.3) is 5.52 Å². The van der Waals surface area contributed by atoms with Gasteiger partial charge in [0.2, 0.25) is 0 Å². The summed E-state index contributed by atoms with van der Waals surface area (Å²) in [6, 6.07) is 0.380. The monoisotopic (exact) mass is 259 g/mol. The third kappa shape index (κ3) is 2.31. The molecule has 0 bridgehead atoms. The maximum absolute atomic E-state index is 12.6. The largest absolute Gasteiger partial charge is 0.335 e. The van der Waals surface area contributed by atoms with Crippen LogP contribution in [-0.2, 0) is 0 Å². The molecule has 6 nitrogen and oxygen atoms in total. The van der Waals surface area contributed by atoms with E-state index in [0.29, 0.717) is 18.2 Å². The minimum absolute atomic E-state index is 0.0407. The Morgan fingerprint density at radius 3 is 3.05 bits per heavy atom. The summed E-state index contributed by atoms with van der Waals surface area (Å²) in [7, 11) is 0. The summed E-state index contributed by atoms with van der Waals surface area (Å²) in [5, 5.41) is 4.19. The summed E-state index contributed by atoms with van der Waals surface area (Å²) in [5.74, 6) is 0.0407. The number of nitrogens with two attached hydrogens (primary N) is 1. The van der Waals surface area contributed by atoms with Crippen molar-refractivity contribution >= 4 is 11.4 Å². The molecule has 2 N–H and O–H groups in total. The zero-order valence-electron chi connectivity index (χ0n) is 10.7. The number of nitrogens with zero attached hydrogens (tertiary/aromatic N) is 4. The van der Waals surface area contributed by atoms with E-state index in [1.807, 2.05) is 4.90 Å². The summed E-state index contributed by atoms with van der Waals surface area (Å²) in [4.78, 5) is 18.6. The standard InChI is InChI=1S/C13H17N5O/c14-4-1-6-17(10-2-3-10)13(19)11-8-16-18-7-5-15-9-12(11)18/h5,7-10H,1-4,6,14H2. The molecule has 0 atom stereocenters. The molecule has 1 amide bonds. The van der Waals surface area contributed by atoms with Gasteiger partial charge in [0, 0.05) is 25.0 Å². The fourth-order valence-corrected chi connectivity index (χ4v) is 2.25. The van der Waals surface area contributed by atoms with Gasteiger partial charge >= 0.3 is 0 Å². The summed E-state index contributed by atoms with van der Waals surface area (Å²) in [6.45, 7) is 1.32. The Morgan fingerprint density at radius 1 is 1.47 bits per heavy atom. The Bertz CT molecular complexity index is 589. The quantitative estimate of drug-likeness (QED) is 0.856. The number of aromatic nitrogens is 3. The lowest BCUT2D eigenvalue weighted by molar-refractivity contribution is 0.0744. The first-order valence-corrected chi connectivity index (χ1v) is 6.59. The minimum Gasteiger partial charge on any atom is -0.335 e. The van der Waals surface area contributed by atoms with Crippen LogP contribution in [0.3, 0.4) is 0 Å². The van der Waals surface area contributed by atoms with Crippen molar-refractivity contribution in [3.05, 3.63) is 30.4 Å². The molecule has 2 aromatic rings. The molecular weight excluding hydrogens is 242 g/mol. The normalized spacial score (nSPS) is 14.8. The van der Waals surface area contributed by atoms with Crippen LogP contribution in [0.15, 0.2) is 24.8 Å². The van der Waals surface area contributed by atoms with E-state index in [1.165, 1.54) is 0 Å².